The molecule has 5 nitrogen and oxygen atoms in total. The lowest BCUT2D eigenvalue weighted by atomic mass is 10.1. The SMILES string of the molecule is COc1cc(/C=c2\sc3nc(-c4ccc(F)c(C(F)(F)F)c4)cn3c2=O)cc(F)c1O. The first kappa shape index (κ1) is 20.8. The van der Waals surface area contributed by atoms with Gasteiger partial charge in [0.25, 0.3) is 5.56 Å². The molecule has 11 heteroatoms. The number of aromatic hydroxyl groups is 1. The van der Waals surface area contributed by atoms with E-state index >= 15 is 0 Å². The van der Waals surface area contributed by atoms with Crippen LogP contribution in [-0.4, -0.2) is 21.6 Å². The molecule has 31 heavy (non-hydrogen) atoms. The topological polar surface area (TPSA) is 63.8 Å². The first-order chi connectivity index (χ1) is 14.6. The van der Waals surface area contributed by atoms with E-state index in [-0.39, 0.29) is 32.1 Å². The van der Waals surface area contributed by atoms with Gasteiger partial charge in [0.15, 0.2) is 22.3 Å². The molecule has 0 saturated heterocycles. The Kier molecular flexibility index (Phi) is 4.92. The molecule has 4 rings (SSSR count). The summed E-state index contributed by atoms with van der Waals surface area (Å²) in [4.78, 5) is 17.0. The summed E-state index contributed by atoms with van der Waals surface area (Å²) in [6, 6.07) is 4.81. The molecule has 2 aromatic heterocycles. The van der Waals surface area contributed by atoms with Crippen LogP contribution in [-0.2, 0) is 6.18 Å². The van der Waals surface area contributed by atoms with Gasteiger partial charge >= 0.3 is 6.18 Å². The van der Waals surface area contributed by atoms with Crippen molar-refractivity contribution < 1.29 is 31.8 Å². The molecule has 0 saturated carbocycles. The lowest BCUT2D eigenvalue weighted by molar-refractivity contribution is -0.139. The van der Waals surface area contributed by atoms with Gasteiger partial charge in [-0.2, -0.15) is 13.2 Å². The van der Waals surface area contributed by atoms with Crippen LogP contribution in [0.4, 0.5) is 22.0 Å². The van der Waals surface area contributed by atoms with Crippen LogP contribution in [0.5, 0.6) is 11.5 Å². The van der Waals surface area contributed by atoms with Gasteiger partial charge in [0.05, 0.1) is 22.9 Å². The smallest absolute Gasteiger partial charge is 0.419 e. The van der Waals surface area contributed by atoms with Gasteiger partial charge in [0, 0.05) is 11.8 Å². The number of nitrogens with zero attached hydrogens (tertiary/aromatic N) is 2. The van der Waals surface area contributed by atoms with Gasteiger partial charge in [-0.1, -0.05) is 11.3 Å². The van der Waals surface area contributed by atoms with E-state index in [2.05, 4.69) is 4.98 Å². The Morgan fingerprint density at radius 2 is 1.90 bits per heavy atom. The molecule has 0 atom stereocenters. The van der Waals surface area contributed by atoms with Crippen molar-refractivity contribution in [3.8, 4) is 22.8 Å². The number of thiazole rings is 1. The Balaban J connectivity index is 1.79. The second-order valence-corrected chi connectivity index (χ2v) is 7.45. The molecule has 0 amide bonds. The van der Waals surface area contributed by atoms with Crippen LogP contribution in [0.3, 0.4) is 0 Å². The summed E-state index contributed by atoms with van der Waals surface area (Å²) in [5.41, 5.74) is -1.63. The fraction of sp³-hybridized carbons (Fsp3) is 0.100. The number of fused-ring (bicyclic) bond motifs is 1. The van der Waals surface area contributed by atoms with E-state index in [0.29, 0.717) is 12.1 Å². The maximum atomic E-state index is 13.8. The second kappa shape index (κ2) is 7.34. The highest BCUT2D eigenvalue weighted by Gasteiger charge is 2.34. The van der Waals surface area contributed by atoms with Gasteiger partial charge < -0.3 is 9.84 Å². The number of halogens is 5. The predicted molar refractivity (Wildman–Crippen MR) is 103 cm³/mol. The molecule has 0 fully saturated rings. The third-order valence-electron chi connectivity index (χ3n) is 4.44. The average Bonchev–Trinajstić information content (AvgIpc) is 3.23. The molecule has 160 valence electrons. The Morgan fingerprint density at radius 3 is 2.55 bits per heavy atom. The molecule has 0 aliphatic rings. The van der Waals surface area contributed by atoms with Crippen LogP contribution in [0.1, 0.15) is 11.1 Å². The van der Waals surface area contributed by atoms with Crippen LogP contribution in [0, 0.1) is 11.6 Å². The molecule has 0 radical (unpaired) electrons. The fourth-order valence-electron chi connectivity index (χ4n) is 2.96. The third kappa shape index (κ3) is 3.72. The third-order valence-corrected chi connectivity index (χ3v) is 5.42. The number of methoxy groups -OCH3 is 1. The summed E-state index contributed by atoms with van der Waals surface area (Å²) in [6.07, 6.45) is -2.26. The zero-order valence-electron chi connectivity index (χ0n) is 15.5. The van der Waals surface area contributed by atoms with E-state index in [1.807, 2.05) is 0 Å². The van der Waals surface area contributed by atoms with Crippen LogP contribution in [0.15, 0.2) is 41.3 Å². The van der Waals surface area contributed by atoms with Crippen LogP contribution in [0.25, 0.3) is 22.3 Å². The minimum Gasteiger partial charge on any atom is -0.502 e. The number of hydrogen-bond donors (Lipinski definition) is 1. The van der Waals surface area contributed by atoms with Gasteiger partial charge in [0.1, 0.15) is 5.82 Å². The van der Waals surface area contributed by atoms with Crippen molar-refractivity contribution in [2.24, 2.45) is 0 Å². The van der Waals surface area contributed by atoms with Crippen LogP contribution < -0.4 is 14.8 Å². The van der Waals surface area contributed by atoms with Crippen molar-refractivity contribution in [3.05, 3.63) is 74.2 Å². The van der Waals surface area contributed by atoms with E-state index in [1.54, 1.807) is 0 Å². The second-order valence-electron chi connectivity index (χ2n) is 6.44. The highest BCUT2D eigenvalue weighted by atomic mass is 32.1. The molecule has 0 bridgehead atoms. The van der Waals surface area contributed by atoms with E-state index < -0.39 is 34.7 Å². The van der Waals surface area contributed by atoms with Crippen molar-refractivity contribution in [2.45, 2.75) is 6.18 Å². The lowest BCUT2D eigenvalue weighted by Gasteiger charge is -2.08. The Morgan fingerprint density at radius 1 is 1.16 bits per heavy atom. The number of rotatable bonds is 3. The van der Waals surface area contributed by atoms with Gasteiger partial charge in [0.2, 0.25) is 0 Å². The molecule has 0 unspecified atom stereocenters. The number of alkyl halides is 3. The number of benzene rings is 2. The minimum atomic E-state index is -4.87. The highest BCUT2D eigenvalue weighted by molar-refractivity contribution is 7.15. The molecule has 0 spiro atoms. The van der Waals surface area contributed by atoms with E-state index in [0.717, 1.165) is 27.9 Å². The number of aromatic nitrogens is 2. The summed E-state index contributed by atoms with van der Waals surface area (Å²) in [6.45, 7) is 0. The molecule has 2 heterocycles. The Bertz CT molecular complexity index is 1430. The van der Waals surface area contributed by atoms with Crippen molar-refractivity contribution in [1.29, 1.82) is 0 Å². The number of phenolic OH excluding ortho intramolecular Hbond substituents is 1. The van der Waals surface area contributed by atoms with Crippen molar-refractivity contribution in [1.82, 2.24) is 9.38 Å². The van der Waals surface area contributed by atoms with Gasteiger partial charge in [-0.15, -0.1) is 0 Å². The van der Waals surface area contributed by atoms with Crippen molar-refractivity contribution in [2.75, 3.05) is 7.11 Å². The number of ether oxygens (including phenoxy) is 1. The van der Waals surface area contributed by atoms with Crippen molar-refractivity contribution >= 4 is 22.4 Å². The number of imidazole rings is 1. The minimum absolute atomic E-state index is 0.0000957. The fourth-order valence-corrected chi connectivity index (χ4v) is 3.91. The molecule has 0 aliphatic carbocycles. The molecular weight excluding hydrogens is 443 g/mol. The summed E-state index contributed by atoms with van der Waals surface area (Å²) < 4.78 is 72.4. The summed E-state index contributed by atoms with van der Waals surface area (Å²) >= 11 is 0.932. The van der Waals surface area contributed by atoms with Gasteiger partial charge in [-0.05, 0) is 42.0 Å². The van der Waals surface area contributed by atoms with Crippen LogP contribution in [0.2, 0.25) is 0 Å². The van der Waals surface area contributed by atoms with E-state index in [9.17, 15) is 31.9 Å². The Hall–Kier alpha value is -3.47. The molecule has 1 N–H and O–H groups in total. The quantitative estimate of drug-likeness (QED) is 0.476. The standard InChI is InChI=1S/C20H11F5N2O3S/c1-30-15-5-9(4-13(22)17(15)28)6-16-18(29)27-8-14(26-19(27)31-16)10-2-3-12(21)11(7-10)20(23,24)25/h2-8,28H,1H3/b16-6-. The number of hydrogen-bond acceptors (Lipinski definition) is 5. The molecule has 0 aliphatic heterocycles. The van der Waals surface area contributed by atoms with E-state index in [1.165, 1.54) is 25.4 Å². The normalized spacial score (nSPS) is 12.6. The lowest BCUT2D eigenvalue weighted by Crippen LogP contribution is -2.22. The van der Waals surface area contributed by atoms with Crippen molar-refractivity contribution in [3.63, 3.8) is 0 Å². The van der Waals surface area contributed by atoms with Crippen LogP contribution >= 0.6 is 11.3 Å². The molecular formula is C20H11F5N2O3S. The zero-order chi connectivity index (χ0) is 22.5. The maximum Gasteiger partial charge on any atom is 0.419 e. The Labute approximate surface area is 174 Å². The highest BCUT2D eigenvalue weighted by Crippen LogP contribution is 2.34. The monoisotopic (exact) mass is 454 g/mol. The zero-order valence-corrected chi connectivity index (χ0v) is 16.3. The molecule has 2 aromatic carbocycles. The summed E-state index contributed by atoms with van der Waals surface area (Å²) in [7, 11) is 1.25. The first-order valence-electron chi connectivity index (χ1n) is 8.55. The predicted octanol–water partition coefficient (Wildman–Crippen LogP) is 3.98. The first-order valence-corrected chi connectivity index (χ1v) is 9.37. The molecule has 4 aromatic rings. The number of phenols is 1. The van der Waals surface area contributed by atoms with Gasteiger partial charge in [-0.3, -0.25) is 9.20 Å². The largest absolute Gasteiger partial charge is 0.502 e. The summed E-state index contributed by atoms with van der Waals surface area (Å²) in [5, 5.41) is 9.57. The van der Waals surface area contributed by atoms with Gasteiger partial charge in [-0.25, -0.2) is 13.8 Å². The summed E-state index contributed by atoms with van der Waals surface area (Å²) in [5.74, 6) is -3.11. The maximum absolute atomic E-state index is 13.8. The average molecular weight is 454 g/mol. The van der Waals surface area contributed by atoms with E-state index in [4.69, 9.17) is 4.74 Å².